The minimum absolute atomic E-state index is 0. The van der Waals surface area contributed by atoms with Crippen molar-refractivity contribution >= 4 is 29.9 Å². The predicted molar refractivity (Wildman–Crippen MR) is 98.6 cm³/mol. The van der Waals surface area contributed by atoms with Crippen LogP contribution in [-0.4, -0.2) is 33.8 Å². The number of aromatic nitrogens is 3. The summed E-state index contributed by atoms with van der Waals surface area (Å²) in [5.41, 5.74) is 0. The molecule has 22 heavy (non-hydrogen) atoms. The Labute approximate surface area is 149 Å². The molecular weight excluding hydrogens is 391 g/mol. The highest BCUT2D eigenvalue weighted by molar-refractivity contribution is 14.0. The first-order valence-corrected chi connectivity index (χ1v) is 8.25. The number of fused-ring (bicyclic) bond motifs is 1. The summed E-state index contributed by atoms with van der Waals surface area (Å²) in [6, 6.07) is 0.567. The highest BCUT2D eigenvalue weighted by Crippen LogP contribution is 2.17. The van der Waals surface area contributed by atoms with Crippen molar-refractivity contribution in [1.29, 1.82) is 0 Å². The molecule has 1 saturated carbocycles. The lowest BCUT2D eigenvalue weighted by Crippen LogP contribution is -2.44. The van der Waals surface area contributed by atoms with Gasteiger partial charge in [-0.3, -0.25) is 4.99 Å². The number of nitrogens with one attached hydrogen (secondary N) is 2. The lowest BCUT2D eigenvalue weighted by atomic mass is 9.96. The molecule has 2 heterocycles. The van der Waals surface area contributed by atoms with E-state index in [0.29, 0.717) is 12.6 Å². The van der Waals surface area contributed by atoms with Gasteiger partial charge in [-0.15, -0.1) is 34.2 Å². The molecule has 0 atom stereocenters. The Morgan fingerprint density at radius 3 is 2.77 bits per heavy atom. The maximum absolute atomic E-state index is 4.33. The fourth-order valence-electron chi connectivity index (χ4n) is 3.30. The Morgan fingerprint density at radius 2 is 2.00 bits per heavy atom. The number of hydrogen-bond acceptors (Lipinski definition) is 3. The van der Waals surface area contributed by atoms with Crippen LogP contribution in [-0.2, 0) is 19.5 Å². The van der Waals surface area contributed by atoms with Gasteiger partial charge >= 0.3 is 0 Å². The molecule has 1 fully saturated rings. The van der Waals surface area contributed by atoms with Crippen LogP contribution in [0, 0.1) is 0 Å². The fraction of sp³-hybridized carbons (Fsp3) is 0.800. The van der Waals surface area contributed by atoms with Crippen molar-refractivity contribution in [2.24, 2.45) is 4.99 Å². The summed E-state index contributed by atoms with van der Waals surface area (Å²) in [7, 11) is 1.83. The molecule has 0 bridgehead atoms. The molecule has 6 nitrogen and oxygen atoms in total. The Balaban J connectivity index is 0.00000176. The van der Waals surface area contributed by atoms with E-state index in [1.54, 1.807) is 0 Å². The quantitative estimate of drug-likeness (QED) is 0.449. The molecule has 124 valence electrons. The Morgan fingerprint density at radius 1 is 1.18 bits per heavy atom. The molecule has 0 aromatic carbocycles. The highest BCUT2D eigenvalue weighted by atomic mass is 127. The van der Waals surface area contributed by atoms with Crippen molar-refractivity contribution in [2.45, 2.75) is 70.5 Å². The van der Waals surface area contributed by atoms with Crippen LogP contribution in [0.2, 0.25) is 0 Å². The second kappa shape index (κ2) is 8.69. The van der Waals surface area contributed by atoms with E-state index in [1.807, 2.05) is 7.05 Å². The van der Waals surface area contributed by atoms with Crippen molar-refractivity contribution in [1.82, 2.24) is 25.4 Å². The fourth-order valence-corrected chi connectivity index (χ4v) is 3.30. The standard InChI is InChI=1S/C15H26N6.HI/c1-16-15(18-12-7-3-2-4-8-12)17-11-14-20-19-13-9-5-6-10-21(13)14;/h12H,2-11H2,1H3,(H2,16,17,18);1H. The van der Waals surface area contributed by atoms with E-state index in [2.05, 4.69) is 30.4 Å². The number of aliphatic imine (C=N–C) groups is 1. The minimum atomic E-state index is 0. The second-order valence-electron chi connectivity index (χ2n) is 6.05. The summed E-state index contributed by atoms with van der Waals surface area (Å²) in [4.78, 5) is 4.33. The van der Waals surface area contributed by atoms with Gasteiger partial charge in [0.1, 0.15) is 5.82 Å². The van der Waals surface area contributed by atoms with Crippen molar-refractivity contribution in [3.05, 3.63) is 11.6 Å². The van der Waals surface area contributed by atoms with Gasteiger partial charge in [0.2, 0.25) is 0 Å². The van der Waals surface area contributed by atoms with E-state index < -0.39 is 0 Å². The summed E-state index contributed by atoms with van der Waals surface area (Å²) in [6.45, 7) is 1.74. The Kier molecular flexibility index (Phi) is 6.91. The van der Waals surface area contributed by atoms with E-state index in [4.69, 9.17) is 0 Å². The summed E-state index contributed by atoms with van der Waals surface area (Å²) < 4.78 is 2.25. The van der Waals surface area contributed by atoms with Crippen LogP contribution in [0.5, 0.6) is 0 Å². The smallest absolute Gasteiger partial charge is 0.191 e. The summed E-state index contributed by atoms with van der Waals surface area (Å²) in [5, 5.41) is 15.5. The van der Waals surface area contributed by atoms with Crippen LogP contribution >= 0.6 is 24.0 Å². The lowest BCUT2D eigenvalue weighted by molar-refractivity contribution is 0.409. The third kappa shape index (κ3) is 4.33. The second-order valence-corrected chi connectivity index (χ2v) is 6.05. The van der Waals surface area contributed by atoms with Gasteiger partial charge in [-0.25, -0.2) is 0 Å². The molecule has 1 aromatic rings. The monoisotopic (exact) mass is 418 g/mol. The third-order valence-corrected chi connectivity index (χ3v) is 4.52. The maximum atomic E-state index is 4.33. The molecule has 0 radical (unpaired) electrons. The zero-order valence-electron chi connectivity index (χ0n) is 13.3. The largest absolute Gasteiger partial charge is 0.354 e. The zero-order chi connectivity index (χ0) is 14.5. The third-order valence-electron chi connectivity index (χ3n) is 4.52. The first kappa shape index (κ1) is 17.5. The van der Waals surface area contributed by atoms with Gasteiger partial charge in [0.05, 0.1) is 6.54 Å². The van der Waals surface area contributed by atoms with Crippen LogP contribution in [0.25, 0.3) is 0 Å². The number of nitrogens with zero attached hydrogens (tertiary/aromatic N) is 4. The summed E-state index contributed by atoms with van der Waals surface area (Å²) in [6.07, 6.45) is 10.0. The topological polar surface area (TPSA) is 67.1 Å². The molecular formula is C15H27IN6. The molecule has 2 N–H and O–H groups in total. The predicted octanol–water partition coefficient (Wildman–Crippen LogP) is 2.23. The van der Waals surface area contributed by atoms with Crippen LogP contribution in [0.3, 0.4) is 0 Å². The van der Waals surface area contributed by atoms with Gasteiger partial charge in [0, 0.05) is 26.1 Å². The van der Waals surface area contributed by atoms with Crippen molar-refractivity contribution in [2.75, 3.05) is 7.05 Å². The molecule has 1 aliphatic carbocycles. The number of aryl methyl sites for hydroxylation is 1. The average Bonchev–Trinajstić information content (AvgIpc) is 2.96. The average molecular weight is 418 g/mol. The first-order valence-electron chi connectivity index (χ1n) is 8.25. The van der Waals surface area contributed by atoms with Crippen LogP contribution in [0.15, 0.2) is 4.99 Å². The van der Waals surface area contributed by atoms with Crippen LogP contribution in [0.4, 0.5) is 0 Å². The van der Waals surface area contributed by atoms with Gasteiger partial charge in [-0.1, -0.05) is 19.3 Å². The van der Waals surface area contributed by atoms with Gasteiger partial charge in [-0.2, -0.15) is 0 Å². The summed E-state index contributed by atoms with van der Waals surface area (Å²) >= 11 is 0. The number of hydrogen-bond donors (Lipinski definition) is 2. The van der Waals surface area contributed by atoms with Crippen molar-refractivity contribution in [3.8, 4) is 0 Å². The van der Waals surface area contributed by atoms with Gasteiger partial charge in [-0.05, 0) is 25.7 Å². The summed E-state index contributed by atoms with van der Waals surface area (Å²) in [5.74, 6) is 3.04. The number of halogens is 1. The van der Waals surface area contributed by atoms with E-state index in [-0.39, 0.29) is 24.0 Å². The zero-order valence-corrected chi connectivity index (χ0v) is 15.7. The molecule has 0 spiro atoms. The molecule has 3 rings (SSSR count). The molecule has 1 aliphatic heterocycles. The molecule has 0 unspecified atom stereocenters. The number of rotatable bonds is 3. The van der Waals surface area contributed by atoms with E-state index in [9.17, 15) is 0 Å². The van der Waals surface area contributed by atoms with Crippen molar-refractivity contribution < 1.29 is 0 Å². The molecule has 1 aromatic heterocycles. The minimum Gasteiger partial charge on any atom is -0.354 e. The van der Waals surface area contributed by atoms with E-state index in [0.717, 1.165) is 30.6 Å². The number of guanidine groups is 1. The normalized spacial score (nSPS) is 19.2. The first-order chi connectivity index (χ1) is 10.4. The SMILES string of the molecule is CN=C(NCc1nnc2n1CCCC2)NC1CCCCC1.I. The van der Waals surface area contributed by atoms with Crippen molar-refractivity contribution in [3.63, 3.8) is 0 Å². The van der Waals surface area contributed by atoms with Crippen LogP contribution in [0.1, 0.15) is 56.6 Å². The lowest BCUT2D eigenvalue weighted by Gasteiger charge is -2.25. The maximum Gasteiger partial charge on any atom is 0.191 e. The van der Waals surface area contributed by atoms with Gasteiger partial charge < -0.3 is 15.2 Å². The van der Waals surface area contributed by atoms with Gasteiger partial charge in [0.25, 0.3) is 0 Å². The molecule has 2 aliphatic rings. The molecule has 0 saturated heterocycles. The Hall–Kier alpha value is -0.860. The van der Waals surface area contributed by atoms with E-state index in [1.165, 1.54) is 44.9 Å². The molecule has 0 amide bonds. The Bertz CT molecular complexity index is 492. The van der Waals surface area contributed by atoms with Gasteiger partial charge in [0.15, 0.2) is 11.8 Å². The highest BCUT2D eigenvalue weighted by Gasteiger charge is 2.17. The molecule has 7 heteroatoms. The van der Waals surface area contributed by atoms with Crippen LogP contribution < -0.4 is 10.6 Å². The van der Waals surface area contributed by atoms with E-state index >= 15 is 0 Å².